The fraction of sp³-hybridized carbons (Fsp3) is 0.103. The fourth-order valence-electron chi connectivity index (χ4n) is 3.97. The molecule has 0 saturated carbocycles. The van der Waals surface area contributed by atoms with Gasteiger partial charge in [0.1, 0.15) is 0 Å². The number of benzene rings is 4. The number of hydrogen-bond donors (Lipinski definition) is 6. The van der Waals surface area contributed by atoms with Gasteiger partial charge in [-0.1, -0.05) is 12.1 Å². The van der Waals surface area contributed by atoms with Gasteiger partial charge in [0.2, 0.25) is 10.0 Å². The van der Waals surface area contributed by atoms with Crippen LogP contribution in [0.2, 0.25) is 0 Å². The number of nitrogen functional groups attached to an aromatic ring is 1. The second-order valence-corrected chi connectivity index (χ2v) is 12.9. The first-order chi connectivity index (χ1) is 21.3. The summed E-state index contributed by atoms with van der Waals surface area (Å²) in [5.74, 6) is -1.14. The van der Waals surface area contributed by atoms with Crippen LogP contribution in [0.4, 0.5) is 5.69 Å². The molecular weight excluding hydrogens is 636 g/mol. The monoisotopic (exact) mass is 667 g/mol. The Morgan fingerprint density at radius 2 is 1.22 bits per heavy atom. The molecule has 0 aliphatic heterocycles. The Labute approximate surface area is 267 Å². The van der Waals surface area contributed by atoms with E-state index < -0.39 is 33.1 Å². The Balaban J connectivity index is 0.000000261. The van der Waals surface area contributed by atoms with Crippen LogP contribution in [0.1, 0.15) is 37.4 Å². The van der Waals surface area contributed by atoms with Gasteiger partial charge in [0.05, 0.1) is 10.5 Å². The van der Waals surface area contributed by atoms with Gasteiger partial charge >= 0.3 is 142 Å². The van der Waals surface area contributed by atoms with Crippen molar-refractivity contribution in [2.75, 3.05) is 5.73 Å². The minimum Gasteiger partial charge on any atom is -0.478 e. The van der Waals surface area contributed by atoms with E-state index in [9.17, 15) is 31.1 Å². The molecule has 0 bridgehead atoms. The Morgan fingerprint density at radius 3 is 1.63 bits per heavy atom. The Kier molecular flexibility index (Phi) is 13.2. The van der Waals surface area contributed by atoms with Crippen LogP contribution in [0, 0.1) is 13.8 Å². The van der Waals surface area contributed by atoms with Gasteiger partial charge in [-0.2, -0.15) is 0 Å². The van der Waals surface area contributed by atoms with Gasteiger partial charge in [0, 0.05) is 5.69 Å². The number of aryl methyl sites for hydroxylation is 2. The summed E-state index contributed by atoms with van der Waals surface area (Å²) in [5.41, 5.74) is 9.14. The molecule has 0 atom stereocenters. The van der Waals surface area contributed by atoms with E-state index in [-0.39, 0.29) is 33.0 Å². The number of carboxylic acid groups (broad SMARTS) is 1. The quantitative estimate of drug-likeness (QED) is 0.0830. The Hall–Kier alpha value is -4.51. The molecule has 0 radical (unpaired) electrons. The third-order valence-electron chi connectivity index (χ3n) is 6.24. The zero-order chi connectivity index (χ0) is 34.8. The number of nitrogens with two attached hydrogens (primary N) is 3. The molecular formula is C29H31B2N3O10S2. The number of rotatable bonds is 8. The number of anilines is 1. The first-order valence-corrected chi connectivity index (χ1v) is 16.2. The van der Waals surface area contributed by atoms with E-state index >= 15 is 0 Å². The summed E-state index contributed by atoms with van der Waals surface area (Å²) in [6.45, 7) is 3.28. The molecule has 46 heavy (non-hydrogen) atoms. The van der Waals surface area contributed by atoms with Gasteiger partial charge in [0.15, 0.2) is 0 Å². The number of primary sulfonamides is 2. The Morgan fingerprint density at radius 1 is 0.739 bits per heavy atom. The first-order valence-electron chi connectivity index (χ1n) is 13.1. The van der Waals surface area contributed by atoms with Crippen LogP contribution in [0.15, 0.2) is 94.7 Å². The number of ketones is 1. The van der Waals surface area contributed by atoms with E-state index in [0.29, 0.717) is 40.6 Å². The van der Waals surface area contributed by atoms with E-state index in [2.05, 4.69) is 0 Å². The Bertz CT molecular complexity index is 1940. The molecule has 0 amide bonds. The molecule has 0 saturated heterocycles. The normalized spacial score (nSPS) is 10.7. The number of Topliss-reactive ketones (excluding diaryl/α,β-unsaturated/α-hetero) is 1. The molecule has 0 heterocycles. The van der Waals surface area contributed by atoms with Crippen molar-refractivity contribution >= 4 is 62.7 Å². The SMILES string of the molecule is Cc1cc(CC(=O)c2ccc(B=O)cc2)ccc1S(N)(=O)=O.Cc1cc(N)ccc1S(N)(=O)=O.O=C(O)c1ccc(B(O)O)cc1. The van der Waals surface area contributed by atoms with Gasteiger partial charge in [-0.3, -0.25) is 0 Å². The van der Waals surface area contributed by atoms with Gasteiger partial charge in [-0.25, -0.2) is 18.4 Å². The molecule has 0 unspecified atom stereocenters. The second-order valence-electron chi connectivity index (χ2n) is 9.86. The minimum absolute atomic E-state index is 0.0547. The molecule has 0 aliphatic rings. The van der Waals surface area contributed by atoms with Crippen LogP contribution in [0.5, 0.6) is 0 Å². The average Bonchev–Trinajstić information content (AvgIpc) is 2.96. The molecule has 0 fully saturated rings. The average molecular weight is 667 g/mol. The number of sulfonamides is 2. The van der Waals surface area contributed by atoms with Crippen molar-refractivity contribution in [2.24, 2.45) is 10.3 Å². The van der Waals surface area contributed by atoms with Crippen LogP contribution in [-0.2, 0) is 31.2 Å². The van der Waals surface area contributed by atoms with Crippen LogP contribution in [0.25, 0.3) is 0 Å². The van der Waals surface area contributed by atoms with Crippen molar-refractivity contribution in [1.29, 1.82) is 0 Å². The van der Waals surface area contributed by atoms with Gasteiger partial charge in [0.25, 0.3) is 0 Å². The van der Waals surface area contributed by atoms with E-state index in [0.717, 1.165) is 0 Å². The zero-order valence-electron chi connectivity index (χ0n) is 24.7. The molecule has 4 aromatic carbocycles. The molecule has 0 aromatic heterocycles. The van der Waals surface area contributed by atoms with Crippen molar-refractivity contribution in [1.82, 2.24) is 0 Å². The summed E-state index contributed by atoms with van der Waals surface area (Å²) in [4.78, 5) is 22.7. The zero-order valence-corrected chi connectivity index (χ0v) is 26.3. The number of hydrogen-bond acceptors (Lipinski definition) is 10. The standard InChI is InChI=1S/C15H14BNO4S.C7H7BO4.C7H10N2O2S/c1-10-8-11(2-7-15(10)22(17,20)21)9-14(18)12-3-5-13(16-19)6-4-12;9-7(10)5-1-3-6(4-2-5)8(11)12;1-5-4-6(8)2-3-7(5)12(9,10)11/h2-8H,9H2,1H3,(H2,17,20,21);1-4,11-12H,(H,9,10);2-4H,8H2,1H3,(H2,9,10,11). The van der Waals surface area contributed by atoms with Gasteiger partial charge < -0.3 is 20.9 Å². The molecule has 13 nitrogen and oxygen atoms in total. The maximum absolute atomic E-state index is 12.2. The van der Waals surface area contributed by atoms with E-state index in [1.54, 1.807) is 56.3 Å². The molecule has 17 heteroatoms. The van der Waals surface area contributed by atoms with E-state index in [1.807, 2.05) is 0 Å². The second kappa shape index (κ2) is 16.2. The number of carboxylic acids is 1. The molecule has 4 aromatic rings. The summed E-state index contributed by atoms with van der Waals surface area (Å²) in [5, 5.41) is 35.9. The van der Waals surface area contributed by atoms with E-state index in [4.69, 9.17) is 31.2 Å². The number of carbonyl (C=O) groups excluding carboxylic acids is 1. The summed E-state index contributed by atoms with van der Waals surface area (Å²) in [7, 11) is -8.20. The maximum atomic E-state index is 12.2. The first kappa shape index (κ1) is 37.7. The molecule has 240 valence electrons. The topological polar surface area (TPSA) is 258 Å². The third kappa shape index (κ3) is 11.4. The smallest absolute Gasteiger partial charge is 0.478 e. The van der Waals surface area contributed by atoms with Crippen molar-refractivity contribution < 1.29 is 46.3 Å². The fourth-order valence-corrected chi connectivity index (χ4v) is 5.50. The molecule has 0 spiro atoms. The summed E-state index contributed by atoms with van der Waals surface area (Å²) >= 11 is 0. The van der Waals surface area contributed by atoms with E-state index in [1.165, 1.54) is 42.5 Å². The summed E-state index contributed by atoms with van der Waals surface area (Å²) < 4.78 is 55.1. The number of carbonyl (C=O) groups is 2. The van der Waals surface area contributed by atoms with Gasteiger partial charge in [-0.15, -0.1) is 0 Å². The van der Waals surface area contributed by atoms with Crippen molar-refractivity contribution in [3.05, 3.63) is 113 Å². The molecule has 9 N–H and O–H groups in total. The van der Waals surface area contributed by atoms with Crippen LogP contribution < -0.4 is 26.9 Å². The molecule has 0 aliphatic carbocycles. The van der Waals surface area contributed by atoms with Crippen LogP contribution in [0.3, 0.4) is 0 Å². The number of aromatic carboxylic acids is 1. The minimum atomic E-state index is -3.76. The van der Waals surface area contributed by atoms with Crippen LogP contribution in [-0.4, -0.2) is 58.0 Å². The summed E-state index contributed by atoms with van der Waals surface area (Å²) in [6, 6.07) is 20.8. The van der Waals surface area contributed by atoms with Crippen molar-refractivity contribution in [2.45, 2.75) is 30.1 Å². The van der Waals surface area contributed by atoms with Crippen molar-refractivity contribution in [3.63, 3.8) is 0 Å². The predicted molar refractivity (Wildman–Crippen MR) is 173 cm³/mol. The van der Waals surface area contributed by atoms with Gasteiger partial charge in [-0.05, 0) is 48.3 Å². The van der Waals surface area contributed by atoms with Crippen molar-refractivity contribution in [3.8, 4) is 0 Å². The van der Waals surface area contributed by atoms with Crippen LogP contribution >= 0.6 is 0 Å². The predicted octanol–water partition coefficient (Wildman–Crippen LogP) is 0.0320. The third-order valence-corrected chi connectivity index (χ3v) is 8.38. The molecule has 4 rings (SSSR count). The summed E-state index contributed by atoms with van der Waals surface area (Å²) in [6.07, 6.45) is 0.145.